The molecule has 1 saturated carbocycles. The van der Waals surface area contributed by atoms with E-state index in [1.54, 1.807) is 0 Å². The van der Waals surface area contributed by atoms with Gasteiger partial charge in [0.1, 0.15) is 0 Å². The van der Waals surface area contributed by atoms with E-state index in [0.717, 1.165) is 6.54 Å². The van der Waals surface area contributed by atoms with Crippen molar-refractivity contribution in [3.05, 3.63) is 0 Å². The van der Waals surface area contributed by atoms with Crippen molar-refractivity contribution >= 4 is 11.8 Å². The average molecular weight is 184 g/mol. The van der Waals surface area contributed by atoms with E-state index in [-0.39, 0.29) is 0 Å². The van der Waals surface area contributed by atoms with Gasteiger partial charge >= 0.3 is 0 Å². The maximum absolute atomic E-state index is 8.38. The van der Waals surface area contributed by atoms with E-state index in [1.165, 1.54) is 25.7 Å². The minimum absolute atomic E-state index is 0.441. The van der Waals surface area contributed by atoms with Gasteiger partial charge in [-0.15, -0.1) is 0 Å². The first kappa shape index (κ1) is 9.88. The van der Waals surface area contributed by atoms with Crippen LogP contribution in [0.4, 0.5) is 0 Å². The summed E-state index contributed by atoms with van der Waals surface area (Å²) in [7, 11) is 0. The van der Waals surface area contributed by atoms with Gasteiger partial charge in [0.15, 0.2) is 0 Å². The van der Waals surface area contributed by atoms with Gasteiger partial charge in [-0.1, -0.05) is 12.8 Å². The van der Waals surface area contributed by atoms with Crippen molar-refractivity contribution < 1.29 is 0 Å². The summed E-state index contributed by atoms with van der Waals surface area (Å²) in [5.41, 5.74) is 0. The van der Waals surface area contributed by atoms with Gasteiger partial charge in [-0.05, 0) is 19.1 Å². The number of hydrogen-bond donors (Lipinski definition) is 1. The van der Waals surface area contributed by atoms with Crippen molar-refractivity contribution in [2.24, 2.45) is 0 Å². The Balaban J connectivity index is 2.30. The molecule has 1 aliphatic rings. The Labute approximate surface area is 78.7 Å². The number of nitrogens with one attached hydrogen (secondary N) is 1. The SMILES string of the molecule is CSC1(CNCC#N)CCCC1. The van der Waals surface area contributed by atoms with Crippen LogP contribution in [0.1, 0.15) is 25.7 Å². The lowest BCUT2D eigenvalue weighted by Gasteiger charge is -2.26. The molecule has 0 bridgehead atoms. The molecule has 12 heavy (non-hydrogen) atoms. The van der Waals surface area contributed by atoms with E-state index in [9.17, 15) is 0 Å². The van der Waals surface area contributed by atoms with Gasteiger partial charge in [0.2, 0.25) is 0 Å². The highest BCUT2D eigenvalue weighted by atomic mass is 32.2. The predicted octanol–water partition coefficient (Wildman–Crippen LogP) is 1.78. The standard InChI is InChI=1S/C9H16N2S/c1-12-9(4-2-3-5-9)8-11-7-6-10/h11H,2-5,7-8H2,1H3. The van der Waals surface area contributed by atoms with Crippen LogP contribution in [0.2, 0.25) is 0 Å². The molecule has 0 unspecified atom stereocenters. The molecule has 1 rings (SSSR count). The average Bonchev–Trinajstić information content (AvgIpc) is 2.55. The molecule has 0 heterocycles. The maximum Gasteiger partial charge on any atom is 0.0841 e. The van der Waals surface area contributed by atoms with Crippen molar-refractivity contribution in [3.63, 3.8) is 0 Å². The van der Waals surface area contributed by atoms with Gasteiger partial charge in [0.05, 0.1) is 12.6 Å². The van der Waals surface area contributed by atoms with Gasteiger partial charge in [0, 0.05) is 11.3 Å². The van der Waals surface area contributed by atoms with Gasteiger partial charge in [-0.2, -0.15) is 17.0 Å². The molecule has 2 nitrogen and oxygen atoms in total. The molecule has 3 heteroatoms. The Morgan fingerprint density at radius 3 is 2.67 bits per heavy atom. The highest BCUT2D eigenvalue weighted by Crippen LogP contribution is 2.39. The first-order valence-corrected chi connectivity index (χ1v) is 5.68. The van der Waals surface area contributed by atoms with E-state index in [2.05, 4.69) is 17.6 Å². The van der Waals surface area contributed by atoms with Crippen molar-refractivity contribution in [2.45, 2.75) is 30.4 Å². The second kappa shape index (κ2) is 4.74. The Hall–Kier alpha value is -0.200. The number of thioether (sulfide) groups is 1. The fraction of sp³-hybridized carbons (Fsp3) is 0.889. The van der Waals surface area contributed by atoms with Crippen LogP contribution in [0, 0.1) is 11.3 Å². The molecule has 1 N–H and O–H groups in total. The monoisotopic (exact) mass is 184 g/mol. The molecule has 1 fully saturated rings. The molecular formula is C9H16N2S. The Kier molecular flexibility index (Phi) is 3.90. The summed E-state index contributed by atoms with van der Waals surface area (Å²) < 4.78 is 0.441. The first-order valence-electron chi connectivity index (χ1n) is 4.46. The van der Waals surface area contributed by atoms with E-state index >= 15 is 0 Å². The van der Waals surface area contributed by atoms with Gasteiger partial charge in [0.25, 0.3) is 0 Å². The molecule has 0 atom stereocenters. The number of nitrogens with zero attached hydrogens (tertiary/aromatic N) is 1. The highest BCUT2D eigenvalue weighted by molar-refractivity contribution is 8.00. The third-order valence-electron chi connectivity index (χ3n) is 2.60. The summed E-state index contributed by atoms with van der Waals surface area (Å²) in [6, 6.07) is 2.11. The summed E-state index contributed by atoms with van der Waals surface area (Å²) in [4.78, 5) is 0. The molecule has 0 aromatic rings. The third-order valence-corrected chi connectivity index (χ3v) is 4.02. The second-order valence-electron chi connectivity index (χ2n) is 3.36. The molecule has 1 aliphatic carbocycles. The molecule has 0 aliphatic heterocycles. The molecule has 0 aromatic carbocycles. The predicted molar refractivity (Wildman–Crippen MR) is 53.2 cm³/mol. The lowest BCUT2D eigenvalue weighted by molar-refractivity contribution is 0.555. The molecule has 0 spiro atoms. The van der Waals surface area contributed by atoms with Crippen LogP contribution in [-0.4, -0.2) is 24.1 Å². The molecule has 0 amide bonds. The Morgan fingerprint density at radius 2 is 2.17 bits per heavy atom. The van der Waals surface area contributed by atoms with Crippen LogP contribution in [0.5, 0.6) is 0 Å². The van der Waals surface area contributed by atoms with E-state index in [1.807, 2.05) is 11.8 Å². The normalized spacial score (nSPS) is 20.7. The van der Waals surface area contributed by atoms with Crippen LogP contribution in [0.3, 0.4) is 0 Å². The largest absolute Gasteiger partial charge is 0.303 e. The third kappa shape index (κ3) is 2.40. The van der Waals surface area contributed by atoms with E-state index in [4.69, 9.17) is 5.26 Å². The quantitative estimate of drug-likeness (QED) is 0.534. The fourth-order valence-electron chi connectivity index (χ4n) is 1.82. The zero-order valence-electron chi connectivity index (χ0n) is 7.60. The number of hydrogen-bond acceptors (Lipinski definition) is 3. The number of rotatable bonds is 4. The Morgan fingerprint density at radius 1 is 1.50 bits per heavy atom. The molecule has 0 saturated heterocycles. The van der Waals surface area contributed by atoms with Crippen LogP contribution < -0.4 is 5.32 Å². The van der Waals surface area contributed by atoms with Crippen molar-refractivity contribution in [1.82, 2.24) is 5.32 Å². The molecule has 0 radical (unpaired) electrons. The zero-order valence-corrected chi connectivity index (χ0v) is 8.41. The lowest BCUT2D eigenvalue weighted by Crippen LogP contribution is -2.35. The summed E-state index contributed by atoms with van der Waals surface area (Å²) in [5.74, 6) is 0. The van der Waals surface area contributed by atoms with E-state index in [0.29, 0.717) is 11.3 Å². The Bertz CT molecular complexity index is 168. The summed E-state index contributed by atoms with van der Waals surface area (Å²) in [6.45, 7) is 1.49. The minimum Gasteiger partial charge on any atom is -0.303 e. The highest BCUT2D eigenvalue weighted by Gasteiger charge is 2.32. The van der Waals surface area contributed by atoms with Crippen LogP contribution in [-0.2, 0) is 0 Å². The fourth-order valence-corrected chi connectivity index (χ4v) is 2.76. The summed E-state index contributed by atoms with van der Waals surface area (Å²) in [6.07, 6.45) is 7.52. The summed E-state index contributed by atoms with van der Waals surface area (Å²) >= 11 is 1.96. The van der Waals surface area contributed by atoms with Crippen LogP contribution in [0.25, 0.3) is 0 Å². The first-order chi connectivity index (χ1) is 5.83. The van der Waals surface area contributed by atoms with Crippen molar-refractivity contribution in [3.8, 4) is 6.07 Å². The minimum atomic E-state index is 0.441. The molecule has 0 aromatic heterocycles. The van der Waals surface area contributed by atoms with Crippen LogP contribution >= 0.6 is 11.8 Å². The van der Waals surface area contributed by atoms with Gasteiger partial charge < -0.3 is 5.32 Å². The van der Waals surface area contributed by atoms with Crippen molar-refractivity contribution in [1.29, 1.82) is 5.26 Å². The number of nitriles is 1. The van der Waals surface area contributed by atoms with Gasteiger partial charge in [-0.25, -0.2) is 0 Å². The molecular weight excluding hydrogens is 168 g/mol. The van der Waals surface area contributed by atoms with E-state index < -0.39 is 0 Å². The van der Waals surface area contributed by atoms with Crippen molar-refractivity contribution in [2.75, 3.05) is 19.3 Å². The zero-order chi connectivity index (χ0) is 8.86. The van der Waals surface area contributed by atoms with Gasteiger partial charge in [-0.3, -0.25) is 0 Å². The molecule has 68 valence electrons. The smallest absolute Gasteiger partial charge is 0.0841 e. The summed E-state index contributed by atoms with van der Waals surface area (Å²) in [5, 5.41) is 11.6. The lowest BCUT2D eigenvalue weighted by atomic mass is 10.1. The topological polar surface area (TPSA) is 35.8 Å². The second-order valence-corrected chi connectivity index (χ2v) is 4.63. The maximum atomic E-state index is 8.38. The van der Waals surface area contributed by atoms with Crippen LogP contribution in [0.15, 0.2) is 0 Å².